The molecule has 0 bridgehead atoms. The average Bonchev–Trinajstić information content (AvgIpc) is 3.20. The van der Waals surface area contributed by atoms with Gasteiger partial charge in [-0.2, -0.15) is 4.31 Å². The Morgan fingerprint density at radius 2 is 2.08 bits per heavy atom. The Balaban J connectivity index is 1.54. The Kier molecular flexibility index (Phi) is 5.21. The van der Waals surface area contributed by atoms with E-state index < -0.39 is 15.9 Å². The standard InChI is InChI=1S/C15H21N3O4S2/c19-13(17-12-5-6-12)9-16-15(20)11-3-1-7-18(10-11)24(21,22)14-4-2-8-23-14/h2,4,8,11-12H,1,3,5-7,9-10H2,(H,16,20)(H,17,19)/t11-/m1/s1. The lowest BCUT2D eigenvalue weighted by Crippen LogP contribution is -2.47. The van der Waals surface area contributed by atoms with E-state index in [1.54, 1.807) is 17.5 Å². The molecule has 0 radical (unpaired) electrons. The van der Waals surface area contributed by atoms with Gasteiger partial charge in [0, 0.05) is 19.1 Å². The van der Waals surface area contributed by atoms with Crippen molar-refractivity contribution in [3.8, 4) is 0 Å². The van der Waals surface area contributed by atoms with Crippen molar-refractivity contribution in [3.05, 3.63) is 17.5 Å². The second-order valence-electron chi connectivity index (χ2n) is 6.19. The van der Waals surface area contributed by atoms with Crippen molar-refractivity contribution in [2.75, 3.05) is 19.6 Å². The number of nitrogens with zero attached hydrogens (tertiary/aromatic N) is 1. The zero-order valence-corrected chi connectivity index (χ0v) is 14.9. The van der Waals surface area contributed by atoms with Gasteiger partial charge in [-0.1, -0.05) is 6.07 Å². The van der Waals surface area contributed by atoms with E-state index in [1.165, 1.54) is 15.6 Å². The molecule has 1 aromatic rings. The summed E-state index contributed by atoms with van der Waals surface area (Å²) in [6.45, 7) is 0.534. The van der Waals surface area contributed by atoms with Gasteiger partial charge in [0.15, 0.2) is 0 Å². The maximum absolute atomic E-state index is 12.6. The van der Waals surface area contributed by atoms with E-state index in [-0.39, 0.29) is 30.9 Å². The van der Waals surface area contributed by atoms with Crippen molar-refractivity contribution in [1.29, 1.82) is 0 Å². The summed E-state index contributed by atoms with van der Waals surface area (Å²) in [4.78, 5) is 23.9. The van der Waals surface area contributed by atoms with Crippen LogP contribution in [-0.4, -0.2) is 50.2 Å². The molecule has 1 saturated carbocycles. The molecule has 2 amide bonds. The van der Waals surface area contributed by atoms with Crippen LogP contribution in [0.25, 0.3) is 0 Å². The van der Waals surface area contributed by atoms with Crippen LogP contribution in [0.4, 0.5) is 0 Å². The molecule has 2 aliphatic rings. The normalized spacial score (nSPS) is 22.1. The van der Waals surface area contributed by atoms with Gasteiger partial charge in [0.2, 0.25) is 11.8 Å². The van der Waals surface area contributed by atoms with Gasteiger partial charge >= 0.3 is 0 Å². The summed E-state index contributed by atoms with van der Waals surface area (Å²) < 4.78 is 26.8. The van der Waals surface area contributed by atoms with E-state index in [4.69, 9.17) is 0 Å². The van der Waals surface area contributed by atoms with E-state index in [9.17, 15) is 18.0 Å². The fourth-order valence-electron chi connectivity index (χ4n) is 2.73. The lowest BCUT2D eigenvalue weighted by Gasteiger charge is -2.30. The van der Waals surface area contributed by atoms with Crippen LogP contribution in [0.1, 0.15) is 25.7 Å². The summed E-state index contributed by atoms with van der Waals surface area (Å²) in [7, 11) is -3.53. The van der Waals surface area contributed by atoms with Gasteiger partial charge in [0.25, 0.3) is 10.0 Å². The first-order valence-electron chi connectivity index (χ1n) is 8.07. The molecule has 0 aromatic carbocycles. The first-order chi connectivity index (χ1) is 11.5. The molecule has 0 spiro atoms. The van der Waals surface area contributed by atoms with Gasteiger partial charge in [0.05, 0.1) is 12.5 Å². The van der Waals surface area contributed by atoms with Crippen molar-refractivity contribution in [3.63, 3.8) is 0 Å². The third-order valence-electron chi connectivity index (χ3n) is 4.21. The molecule has 2 fully saturated rings. The largest absolute Gasteiger partial charge is 0.352 e. The maximum atomic E-state index is 12.6. The Labute approximate surface area is 145 Å². The van der Waals surface area contributed by atoms with Crippen LogP contribution in [-0.2, 0) is 19.6 Å². The molecule has 2 N–H and O–H groups in total. The third-order valence-corrected chi connectivity index (χ3v) is 7.45. The summed E-state index contributed by atoms with van der Waals surface area (Å²) in [6, 6.07) is 3.53. The van der Waals surface area contributed by atoms with Gasteiger partial charge in [-0.05, 0) is 37.1 Å². The van der Waals surface area contributed by atoms with Crippen LogP contribution in [0.5, 0.6) is 0 Å². The van der Waals surface area contributed by atoms with Crippen LogP contribution in [0.2, 0.25) is 0 Å². The molecule has 1 aliphatic heterocycles. The highest BCUT2D eigenvalue weighted by atomic mass is 32.2. The minimum atomic E-state index is -3.53. The Morgan fingerprint density at radius 3 is 2.75 bits per heavy atom. The van der Waals surface area contributed by atoms with Crippen LogP contribution < -0.4 is 10.6 Å². The SMILES string of the molecule is O=C(CNC(=O)[C@@H]1CCCN(S(=O)(=O)c2cccs2)C1)NC1CC1. The molecule has 2 heterocycles. The zero-order valence-electron chi connectivity index (χ0n) is 13.2. The summed E-state index contributed by atoms with van der Waals surface area (Å²) in [5.41, 5.74) is 0. The number of hydrogen-bond acceptors (Lipinski definition) is 5. The predicted molar refractivity (Wildman–Crippen MR) is 90.0 cm³/mol. The molecule has 0 unspecified atom stereocenters. The van der Waals surface area contributed by atoms with Crippen molar-refractivity contribution in [2.24, 2.45) is 5.92 Å². The van der Waals surface area contributed by atoms with Gasteiger partial charge in [-0.3, -0.25) is 9.59 Å². The first kappa shape index (κ1) is 17.4. The number of nitrogens with one attached hydrogen (secondary N) is 2. The number of carbonyl (C=O) groups excluding carboxylic acids is 2. The fraction of sp³-hybridized carbons (Fsp3) is 0.600. The van der Waals surface area contributed by atoms with E-state index in [1.807, 2.05) is 0 Å². The van der Waals surface area contributed by atoms with Crippen molar-refractivity contribution >= 4 is 33.2 Å². The minimum Gasteiger partial charge on any atom is -0.352 e. The van der Waals surface area contributed by atoms with Crippen molar-refractivity contribution in [2.45, 2.75) is 35.9 Å². The average molecular weight is 371 g/mol. The quantitative estimate of drug-likeness (QED) is 0.763. The van der Waals surface area contributed by atoms with E-state index in [0.29, 0.717) is 23.6 Å². The molecule has 24 heavy (non-hydrogen) atoms. The second kappa shape index (κ2) is 7.20. The topological polar surface area (TPSA) is 95.6 Å². The highest BCUT2D eigenvalue weighted by Gasteiger charge is 2.34. The Morgan fingerprint density at radius 1 is 1.29 bits per heavy atom. The molecular weight excluding hydrogens is 350 g/mol. The van der Waals surface area contributed by atoms with Gasteiger partial charge in [-0.25, -0.2) is 8.42 Å². The molecule has 1 saturated heterocycles. The Bertz CT molecular complexity index is 698. The molecule has 7 nitrogen and oxygen atoms in total. The molecule has 9 heteroatoms. The lowest BCUT2D eigenvalue weighted by atomic mass is 9.99. The number of hydrogen-bond donors (Lipinski definition) is 2. The van der Waals surface area contributed by atoms with E-state index in [2.05, 4.69) is 10.6 Å². The van der Waals surface area contributed by atoms with Crippen LogP contribution in [0.15, 0.2) is 21.7 Å². The summed E-state index contributed by atoms with van der Waals surface area (Å²) in [5, 5.41) is 7.15. The van der Waals surface area contributed by atoms with Crippen molar-refractivity contribution in [1.82, 2.24) is 14.9 Å². The number of piperidine rings is 1. The highest BCUT2D eigenvalue weighted by molar-refractivity contribution is 7.91. The van der Waals surface area contributed by atoms with Gasteiger partial charge in [-0.15, -0.1) is 11.3 Å². The fourth-order valence-corrected chi connectivity index (χ4v) is 5.40. The maximum Gasteiger partial charge on any atom is 0.252 e. The third kappa shape index (κ3) is 4.14. The number of thiophene rings is 1. The summed E-state index contributed by atoms with van der Waals surface area (Å²) in [5.74, 6) is -0.862. The summed E-state index contributed by atoms with van der Waals surface area (Å²) >= 11 is 1.18. The molecule has 1 aliphatic carbocycles. The minimum absolute atomic E-state index is 0.0521. The van der Waals surface area contributed by atoms with E-state index >= 15 is 0 Å². The van der Waals surface area contributed by atoms with Gasteiger partial charge < -0.3 is 10.6 Å². The Hall–Kier alpha value is -1.45. The monoisotopic (exact) mass is 371 g/mol. The number of rotatable bonds is 6. The van der Waals surface area contributed by atoms with Crippen LogP contribution in [0.3, 0.4) is 0 Å². The molecular formula is C15H21N3O4S2. The molecule has 3 rings (SSSR count). The van der Waals surface area contributed by atoms with E-state index in [0.717, 1.165) is 12.8 Å². The number of sulfonamides is 1. The highest BCUT2D eigenvalue weighted by Crippen LogP contribution is 2.26. The van der Waals surface area contributed by atoms with Gasteiger partial charge in [0.1, 0.15) is 4.21 Å². The lowest BCUT2D eigenvalue weighted by molar-refractivity contribution is -0.129. The predicted octanol–water partition coefficient (Wildman–Crippen LogP) is 0.544. The smallest absolute Gasteiger partial charge is 0.252 e. The second-order valence-corrected chi connectivity index (χ2v) is 9.31. The zero-order chi connectivity index (χ0) is 17.2. The van der Waals surface area contributed by atoms with Crippen LogP contribution >= 0.6 is 11.3 Å². The first-order valence-corrected chi connectivity index (χ1v) is 10.4. The molecule has 132 valence electrons. The van der Waals surface area contributed by atoms with Crippen LogP contribution in [0, 0.1) is 5.92 Å². The van der Waals surface area contributed by atoms with Crippen molar-refractivity contribution < 1.29 is 18.0 Å². The number of amides is 2. The molecule has 1 aromatic heterocycles. The number of carbonyl (C=O) groups is 2. The summed E-state index contributed by atoms with van der Waals surface area (Å²) in [6.07, 6.45) is 3.26. The molecule has 1 atom stereocenters.